The fourth-order valence-electron chi connectivity index (χ4n) is 2.99. The number of aromatic nitrogens is 3. The second-order valence-electron chi connectivity index (χ2n) is 6.49. The fraction of sp³-hybridized carbons (Fsp3) is 0.444. The first kappa shape index (κ1) is 18.4. The molecule has 0 spiro atoms. The second kappa shape index (κ2) is 7.49. The van der Waals surface area contributed by atoms with Crippen molar-refractivity contribution in [2.24, 2.45) is 0 Å². The van der Waals surface area contributed by atoms with Crippen LogP contribution in [0.1, 0.15) is 29.2 Å². The number of aryl methyl sites for hydroxylation is 3. The lowest BCUT2D eigenvalue weighted by Gasteiger charge is -2.33. The number of amides is 1. The minimum atomic E-state index is -1.00. The molecule has 1 unspecified atom stereocenters. The number of fused-ring (bicyclic) bond motifs is 1. The number of carboxylic acids is 1. The highest BCUT2D eigenvalue weighted by Gasteiger charge is 2.35. The van der Waals surface area contributed by atoms with Gasteiger partial charge >= 0.3 is 5.97 Å². The van der Waals surface area contributed by atoms with Crippen molar-refractivity contribution in [3.63, 3.8) is 0 Å². The molecule has 8 heteroatoms. The molecule has 0 radical (unpaired) electrons. The van der Waals surface area contributed by atoms with E-state index in [0.717, 1.165) is 4.90 Å². The Labute approximate surface area is 156 Å². The van der Waals surface area contributed by atoms with E-state index in [1.165, 1.54) is 16.0 Å². The molecule has 1 aromatic heterocycles. The van der Waals surface area contributed by atoms with Gasteiger partial charge in [0, 0.05) is 17.1 Å². The Morgan fingerprint density at radius 3 is 2.69 bits per heavy atom. The number of hydrogen-bond acceptors (Lipinski definition) is 5. The van der Waals surface area contributed by atoms with Crippen LogP contribution in [0.3, 0.4) is 0 Å². The van der Waals surface area contributed by atoms with Gasteiger partial charge in [-0.2, -0.15) is 0 Å². The molecule has 0 saturated heterocycles. The second-order valence-corrected chi connectivity index (χ2v) is 7.66. The zero-order chi connectivity index (χ0) is 18.8. The van der Waals surface area contributed by atoms with Crippen molar-refractivity contribution >= 4 is 23.6 Å². The summed E-state index contributed by atoms with van der Waals surface area (Å²) in [7, 11) is 0. The van der Waals surface area contributed by atoms with E-state index in [9.17, 15) is 14.7 Å². The highest BCUT2D eigenvalue weighted by molar-refractivity contribution is 7.99. The van der Waals surface area contributed by atoms with Crippen LogP contribution in [0.25, 0.3) is 0 Å². The quantitative estimate of drug-likeness (QED) is 0.807. The van der Waals surface area contributed by atoms with Crippen LogP contribution >= 0.6 is 11.8 Å². The average molecular weight is 374 g/mol. The summed E-state index contributed by atoms with van der Waals surface area (Å²) in [6.45, 7) is 6.29. The van der Waals surface area contributed by atoms with E-state index in [0.29, 0.717) is 17.4 Å². The lowest BCUT2D eigenvalue weighted by atomic mass is 10.1. The molecule has 1 N–H and O–H groups in total. The number of benzene rings is 1. The van der Waals surface area contributed by atoms with E-state index >= 15 is 0 Å². The predicted octanol–water partition coefficient (Wildman–Crippen LogP) is 2.18. The van der Waals surface area contributed by atoms with Gasteiger partial charge in [-0.15, -0.1) is 22.0 Å². The highest BCUT2D eigenvalue weighted by Crippen LogP contribution is 2.24. The summed E-state index contributed by atoms with van der Waals surface area (Å²) in [5.74, 6) is 0.744. The number of thioether (sulfide) groups is 1. The van der Waals surface area contributed by atoms with Crippen LogP contribution in [0.2, 0.25) is 0 Å². The van der Waals surface area contributed by atoms with Crippen molar-refractivity contribution in [2.75, 3.05) is 5.75 Å². The summed E-state index contributed by atoms with van der Waals surface area (Å²) in [5.41, 5.74) is 2.46. The van der Waals surface area contributed by atoms with Gasteiger partial charge in [0.1, 0.15) is 11.9 Å². The third kappa shape index (κ3) is 3.75. The minimum absolute atomic E-state index is 0.166. The molecule has 1 atom stereocenters. The van der Waals surface area contributed by atoms with E-state index in [4.69, 9.17) is 0 Å². The fourth-order valence-corrected chi connectivity index (χ4v) is 3.93. The van der Waals surface area contributed by atoms with Crippen molar-refractivity contribution < 1.29 is 14.7 Å². The Kier molecular flexibility index (Phi) is 5.31. The van der Waals surface area contributed by atoms with Crippen molar-refractivity contribution in [1.29, 1.82) is 0 Å². The van der Waals surface area contributed by atoms with E-state index in [1.807, 2.05) is 6.07 Å². The van der Waals surface area contributed by atoms with Crippen LogP contribution in [0, 0.1) is 20.8 Å². The molecule has 7 nitrogen and oxygen atoms in total. The number of carbonyl (C=O) groups excluding carboxylic acids is 1. The van der Waals surface area contributed by atoms with Crippen LogP contribution in [0.15, 0.2) is 23.1 Å². The van der Waals surface area contributed by atoms with Crippen LogP contribution in [-0.4, -0.2) is 48.4 Å². The minimum Gasteiger partial charge on any atom is -0.480 e. The largest absolute Gasteiger partial charge is 0.480 e. The van der Waals surface area contributed by atoms with Crippen molar-refractivity contribution in [3.05, 3.63) is 41.0 Å². The Morgan fingerprint density at radius 2 is 2.00 bits per heavy atom. The number of carboxylic acid groups (broad SMARTS) is 1. The summed E-state index contributed by atoms with van der Waals surface area (Å²) in [4.78, 5) is 26.8. The Balaban J connectivity index is 1.64. The third-order valence-corrected chi connectivity index (χ3v) is 5.72. The maximum atomic E-state index is 12.6. The smallest absolute Gasteiger partial charge is 0.328 e. The predicted molar refractivity (Wildman–Crippen MR) is 98.0 cm³/mol. The van der Waals surface area contributed by atoms with Crippen LogP contribution in [0.5, 0.6) is 0 Å². The maximum Gasteiger partial charge on any atom is 0.328 e. The van der Waals surface area contributed by atoms with Gasteiger partial charge in [0.2, 0.25) is 5.91 Å². The van der Waals surface area contributed by atoms with E-state index in [2.05, 4.69) is 36.2 Å². The molecule has 0 fully saturated rings. The van der Waals surface area contributed by atoms with Crippen LogP contribution < -0.4 is 0 Å². The summed E-state index contributed by atoms with van der Waals surface area (Å²) in [6.07, 6.45) is 0.286. The average Bonchev–Trinajstić information content (AvgIpc) is 2.97. The molecule has 1 aromatic carbocycles. The first-order chi connectivity index (χ1) is 12.4. The molecule has 2 aromatic rings. The standard InChI is InChI=1S/C18H22N4O3S/c1-11-4-5-14(8-12(11)2)26-7-6-17(23)22-10-16-20-19-13(3)21(16)9-15(22)18(24)25/h4-5,8,15H,6-7,9-10H2,1-3H3,(H,24,25). The van der Waals surface area contributed by atoms with Gasteiger partial charge in [-0.3, -0.25) is 4.79 Å². The lowest BCUT2D eigenvalue weighted by molar-refractivity contribution is -0.152. The highest BCUT2D eigenvalue weighted by atomic mass is 32.2. The summed E-state index contributed by atoms with van der Waals surface area (Å²) in [6, 6.07) is 5.34. The molecule has 3 rings (SSSR count). The number of rotatable bonds is 5. The first-order valence-electron chi connectivity index (χ1n) is 8.48. The molecule has 1 aliphatic rings. The van der Waals surface area contributed by atoms with Crippen molar-refractivity contribution in [3.8, 4) is 0 Å². The number of aliphatic carboxylic acids is 1. The molecular formula is C18H22N4O3S. The van der Waals surface area contributed by atoms with Gasteiger partial charge in [0.25, 0.3) is 0 Å². The van der Waals surface area contributed by atoms with Gasteiger partial charge in [-0.1, -0.05) is 6.07 Å². The van der Waals surface area contributed by atoms with Gasteiger partial charge in [0.05, 0.1) is 13.1 Å². The van der Waals surface area contributed by atoms with Crippen molar-refractivity contribution in [1.82, 2.24) is 19.7 Å². The monoisotopic (exact) mass is 374 g/mol. The zero-order valence-electron chi connectivity index (χ0n) is 15.1. The van der Waals surface area contributed by atoms with Crippen molar-refractivity contribution in [2.45, 2.75) is 51.2 Å². The van der Waals surface area contributed by atoms with Gasteiger partial charge in [-0.05, 0) is 44.0 Å². The van der Waals surface area contributed by atoms with E-state index < -0.39 is 12.0 Å². The van der Waals surface area contributed by atoms with E-state index in [1.54, 1.807) is 23.3 Å². The number of hydrogen-bond donors (Lipinski definition) is 1. The summed E-state index contributed by atoms with van der Waals surface area (Å²) in [5, 5.41) is 17.5. The SMILES string of the molecule is Cc1ccc(SCCC(=O)N2Cc3nnc(C)n3CC2C(=O)O)cc1C. The Bertz CT molecular complexity index is 849. The van der Waals surface area contributed by atoms with Crippen LogP contribution in [0.4, 0.5) is 0 Å². The van der Waals surface area contributed by atoms with Crippen LogP contribution in [-0.2, 0) is 22.7 Å². The number of nitrogens with zero attached hydrogens (tertiary/aromatic N) is 4. The van der Waals surface area contributed by atoms with E-state index in [-0.39, 0.29) is 25.4 Å². The molecule has 1 amide bonds. The summed E-state index contributed by atoms with van der Waals surface area (Å²) >= 11 is 1.61. The van der Waals surface area contributed by atoms with Gasteiger partial charge < -0.3 is 14.6 Å². The molecule has 2 heterocycles. The normalized spacial score (nSPS) is 16.4. The lowest BCUT2D eigenvalue weighted by Crippen LogP contribution is -2.50. The molecule has 0 aliphatic carbocycles. The third-order valence-electron chi connectivity index (χ3n) is 4.72. The topological polar surface area (TPSA) is 88.3 Å². The first-order valence-corrected chi connectivity index (χ1v) is 9.46. The van der Waals surface area contributed by atoms with Gasteiger partial charge in [0.15, 0.2) is 5.82 Å². The molecule has 0 bridgehead atoms. The zero-order valence-corrected chi connectivity index (χ0v) is 15.9. The molecule has 1 aliphatic heterocycles. The Hall–Kier alpha value is -2.35. The molecule has 138 valence electrons. The summed E-state index contributed by atoms with van der Waals surface area (Å²) < 4.78 is 1.77. The molecular weight excluding hydrogens is 352 g/mol. The van der Waals surface area contributed by atoms with Gasteiger partial charge in [-0.25, -0.2) is 4.79 Å². The Morgan fingerprint density at radius 1 is 1.23 bits per heavy atom. The molecule has 26 heavy (non-hydrogen) atoms. The number of carbonyl (C=O) groups is 2. The maximum absolute atomic E-state index is 12.6. The molecule has 0 saturated carbocycles.